The monoisotopic (exact) mass is 430 g/mol. The van der Waals surface area contributed by atoms with Crippen molar-refractivity contribution in [1.82, 2.24) is 0 Å². The molecule has 0 aliphatic carbocycles. The molecule has 3 rings (SSSR count). The Morgan fingerprint density at radius 2 is 1.41 bits per heavy atom. The fourth-order valence-electron chi connectivity index (χ4n) is 3.04. The molecule has 3 aromatic rings. The zero-order chi connectivity index (χ0) is 22.9. The molecule has 0 saturated heterocycles. The Morgan fingerprint density at radius 1 is 0.812 bits per heavy atom. The molecule has 6 nitrogen and oxygen atoms in total. The van der Waals surface area contributed by atoms with Crippen molar-refractivity contribution in [3.05, 3.63) is 89.6 Å². The van der Waals surface area contributed by atoms with Crippen molar-refractivity contribution in [3.63, 3.8) is 0 Å². The number of allylic oxidation sites excluding steroid dienone is 1. The average molecular weight is 431 g/mol. The van der Waals surface area contributed by atoms with Crippen LogP contribution in [0.5, 0.6) is 17.2 Å². The van der Waals surface area contributed by atoms with Crippen LogP contribution in [0.25, 0.3) is 12.2 Å². The number of nitrogens with two attached hydrogens (primary N) is 1. The highest BCUT2D eigenvalue weighted by atomic mass is 16.5. The minimum Gasteiger partial charge on any atom is -0.493 e. The van der Waals surface area contributed by atoms with Crippen LogP contribution in [0.15, 0.2) is 72.9 Å². The number of carbonyl (C=O) groups is 1. The van der Waals surface area contributed by atoms with Gasteiger partial charge in [0.15, 0.2) is 17.3 Å². The molecule has 0 fully saturated rings. The molecule has 164 valence electrons. The van der Waals surface area contributed by atoms with E-state index in [0.717, 1.165) is 16.8 Å². The van der Waals surface area contributed by atoms with E-state index in [2.05, 4.69) is 5.32 Å². The van der Waals surface area contributed by atoms with E-state index in [1.807, 2.05) is 48.6 Å². The quantitative estimate of drug-likeness (QED) is 0.208. The number of rotatable bonds is 9. The summed E-state index contributed by atoms with van der Waals surface area (Å²) in [5.74, 6) is 1.67. The van der Waals surface area contributed by atoms with Gasteiger partial charge in [-0.15, -0.1) is 0 Å². The van der Waals surface area contributed by atoms with Gasteiger partial charge < -0.3 is 25.3 Å². The van der Waals surface area contributed by atoms with Crippen molar-refractivity contribution in [2.75, 3.05) is 32.4 Å². The van der Waals surface area contributed by atoms with E-state index in [1.54, 1.807) is 51.8 Å². The number of nitrogens with one attached hydrogen (secondary N) is 1. The molecular weight excluding hydrogens is 404 g/mol. The molecule has 0 aliphatic rings. The molecule has 32 heavy (non-hydrogen) atoms. The molecule has 0 unspecified atom stereocenters. The van der Waals surface area contributed by atoms with E-state index in [4.69, 9.17) is 19.9 Å². The molecule has 0 bridgehead atoms. The van der Waals surface area contributed by atoms with Crippen molar-refractivity contribution >= 4 is 29.3 Å². The number of hydrogen-bond donors (Lipinski definition) is 2. The molecule has 0 heterocycles. The second kappa shape index (κ2) is 10.7. The third kappa shape index (κ3) is 5.70. The second-order valence-electron chi connectivity index (χ2n) is 6.88. The summed E-state index contributed by atoms with van der Waals surface area (Å²) in [6, 6.07) is 18.4. The van der Waals surface area contributed by atoms with Gasteiger partial charge in [-0.1, -0.05) is 24.3 Å². The van der Waals surface area contributed by atoms with Crippen LogP contribution >= 0.6 is 0 Å². The molecule has 3 N–H and O–H groups in total. The zero-order valence-electron chi connectivity index (χ0n) is 18.3. The van der Waals surface area contributed by atoms with Gasteiger partial charge in [0.05, 0.1) is 21.3 Å². The summed E-state index contributed by atoms with van der Waals surface area (Å²) in [6.45, 7) is 0. The summed E-state index contributed by atoms with van der Waals surface area (Å²) < 4.78 is 16.1. The number of ketones is 1. The lowest BCUT2D eigenvalue weighted by molar-refractivity contribution is 0.104. The topological polar surface area (TPSA) is 82.8 Å². The highest BCUT2D eigenvalue weighted by molar-refractivity contribution is 6.04. The first-order valence-electron chi connectivity index (χ1n) is 9.95. The molecule has 0 saturated carbocycles. The molecule has 0 spiro atoms. The van der Waals surface area contributed by atoms with Crippen LogP contribution in [0, 0.1) is 0 Å². The Balaban J connectivity index is 1.64. The Bertz CT molecular complexity index is 1090. The first-order valence-corrected chi connectivity index (χ1v) is 9.95. The third-order valence-electron chi connectivity index (χ3n) is 4.75. The van der Waals surface area contributed by atoms with Crippen LogP contribution in [0.2, 0.25) is 0 Å². The molecule has 0 aromatic heterocycles. The summed E-state index contributed by atoms with van der Waals surface area (Å²) in [7, 11) is 4.76. The maximum Gasteiger partial charge on any atom is 0.203 e. The number of nitrogen functional groups attached to an aromatic ring is 1. The van der Waals surface area contributed by atoms with Gasteiger partial charge in [-0.2, -0.15) is 0 Å². The lowest BCUT2D eigenvalue weighted by Gasteiger charge is -2.12. The molecule has 6 heteroatoms. The van der Waals surface area contributed by atoms with E-state index < -0.39 is 0 Å². The summed E-state index contributed by atoms with van der Waals surface area (Å²) in [4.78, 5) is 12.1. The lowest BCUT2D eigenvalue weighted by atomic mass is 10.1. The number of carbonyl (C=O) groups excluding carboxylic acids is 1. The number of methoxy groups -OCH3 is 3. The normalized spacial score (nSPS) is 11.0. The fraction of sp³-hybridized carbons (Fsp3) is 0.115. The molecule has 0 radical (unpaired) electrons. The van der Waals surface area contributed by atoms with Crippen molar-refractivity contribution in [2.24, 2.45) is 0 Å². The second-order valence-corrected chi connectivity index (χ2v) is 6.88. The standard InChI is InChI=1S/C26H26N2O4/c1-30-24-16-19(17-25(31-2)26(24)32-3)5-4-18-6-12-22(13-7-18)28-15-14-23(29)20-8-10-21(27)11-9-20/h4-17,28H,27H2,1-3H3. The van der Waals surface area contributed by atoms with E-state index in [-0.39, 0.29) is 5.78 Å². The Kier molecular flexibility index (Phi) is 7.54. The van der Waals surface area contributed by atoms with Crippen LogP contribution < -0.4 is 25.3 Å². The number of ether oxygens (including phenoxy) is 3. The first-order chi connectivity index (χ1) is 15.5. The van der Waals surface area contributed by atoms with Gasteiger partial charge in [-0.3, -0.25) is 4.79 Å². The molecule has 0 amide bonds. The Labute approximate surface area is 187 Å². The van der Waals surface area contributed by atoms with Crippen molar-refractivity contribution in [1.29, 1.82) is 0 Å². The molecule has 3 aromatic carbocycles. The van der Waals surface area contributed by atoms with Crippen LogP contribution in [-0.4, -0.2) is 27.1 Å². The number of benzene rings is 3. The zero-order valence-corrected chi connectivity index (χ0v) is 18.3. The highest BCUT2D eigenvalue weighted by Crippen LogP contribution is 2.38. The van der Waals surface area contributed by atoms with Crippen molar-refractivity contribution < 1.29 is 19.0 Å². The van der Waals surface area contributed by atoms with Gasteiger partial charge in [-0.05, 0) is 59.7 Å². The van der Waals surface area contributed by atoms with Gasteiger partial charge in [0.25, 0.3) is 0 Å². The van der Waals surface area contributed by atoms with Crippen LogP contribution in [0.1, 0.15) is 21.5 Å². The summed E-state index contributed by atoms with van der Waals surface area (Å²) >= 11 is 0. The first kappa shape index (κ1) is 22.5. The summed E-state index contributed by atoms with van der Waals surface area (Å²) in [5.41, 5.74) is 9.67. The Hall–Kier alpha value is -4.19. The van der Waals surface area contributed by atoms with Crippen LogP contribution in [0.4, 0.5) is 11.4 Å². The van der Waals surface area contributed by atoms with Gasteiger partial charge in [0, 0.05) is 29.2 Å². The SMILES string of the molecule is COc1cc(C=Cc2ccc(NC=CC(=O)c3ccc(N)cc3)cc2)cc(OC)c1OC. The number of anilines is 2. The van der Waals surface area contributed by atoms with Crippen LogP contribution in [-0.2, 0) is 0 Å². The molecule has 0 aliphatic heterocycles. The van der Waals surface area contributed by atoms with E-state index in [1.165, 1.54) is 6.08 Å². The predicted molar refractivity (Wildman–Crippen MR) is 129 cm³/mol. The van der Waals surface area contributed by atoms with Crippen molar-refractivity contribution in [2.45, 2.75) is 0 Å². The third-order valence-corrected chi connectivity index (χ3v) is 4.75. The van der Waals surface area contributed by atoms with Gasteiger partial charge in [0.1, 0.15) is 0 Å². The van der Waals surface area contributed by atoms with Gasteiger partial charge in [-0.25, -0.2) is 0 Å². The number of hydrogen-bond acceptors (Lipinski definition) is 6. The summed E-state index contributed by atoms with van der Waals surface area (Å²) in [6.07, 6.45) is 7.08. The fourth-order valence-corrected chi connectivity index (χ4v) is 3.04. The average Bonchev–Trinajstić information content (AvgIpc) is 2.83. The highest BCUT2D eigenvalue weighted by Gasteiger charge is 2.11. The van der Waals surface area contributed by atoms with Crippen molar-refractivity contribution in [3.8, 4) is 17.2 Å². The van der Waals surface area contributed by atoms with E-state index in [0.29, 0.717) is 28.5 Å². The van der Waals surface area contributed by atoms with Gasteiger partial charge >= 0.3 is 0 Å². The van der Waals surface area contributed by atoms with Gasteiger partial charge in [0.2, 0.25) is 5.75 Å². The smallest absolute Gasteiger partial charge is 0.203 e. The van der Waals surface area contributed by atoms with E-state index in [9.17, 15) is 4.79 Å². The minimum absolute atomic E-state index is 0.0950. The summed E-state index contributed by atoms with van der Waals surface area (Å²) in [5, 5.41) is 3.10. The van der Waals surface area contributed by atoms with E-state index >= 15 is 0 Å². The van der Waals surface area contributed by atoms with Crippen LogP contribution in [0.3, 0.4) is 0 Å². The lowest BCUT2D eigenvalue weighted by Crippen LogP contribution is -1.96. The molecule has 0 atom stereocenters. The molecular formula is C26H26N2O4. The maximum absolute atomic E-state index is 12.1. The maximum atomic E-state index is 12.1. The largest absolute Gasteiger partial charge is 0.493 e. The minimum atomic E-state index is -0.0950. The Morgan fingerprint density at radius 3 is 1.97 bits per heavy atom. The predicted octanol–water partition coefficient (Wildman–Crippen LogP) is 5.27.